The molecule has 0 radical (unpaired) electrons. The zero-order chi connectivity index (χ0) is 13.5. The zero-order valence-corrected chi connectivity index (χ0v) is 12.3. The van der Waals surface area contributed by atoms with Gasteiger partial charge < -0.3 is 0 Å². The van der Waals surface area contributed by atoms with Gasteiger partial charge in [0.05, 0.1) is 0 Å². The second-order valence-corrected chi connectivity index (χ2v) is 7.46. The molecule has 0 aromatic carbocycles. The summed E-state index contributed by atoms with van der Waals surface area (Å²) >= 11 is 7.73. The molecule has 102 valence electrons. The van der Waals surface area contributed by atoms with Crippen LogP contribution in [0.15, 0.2) is 29.4 Å². The Morgan fingerprint density at radius 3 is 3.05 bits per heavy atom. The highest BCUT2D eigenvalue weighted by molar-refractivity contribution is 7.99. The van der Waals surface area contributed by atoms with Crippen LogP contribution in [0.3, 0.4) is 0 Å². The lowest BCUT2D eigenvalue weighted by atomic mass is 10.3. The number of halogens is 1. The van der Waals surface area contributed by atoms with Crippen molar-refractivity contribution >= 4 is 39.0 Å². The van der Waals surface area contributed by atoms with Crippen LogP contribution in [0.4, 0.5) is 0 Å². The molecular weight excluding hydrogens is 306 g/mol. The Bertz CT molecular complexity index is 708. The third kappa shape index (κ3) is 2.47. The first-order valence-electron chi connectivity index (χ1n) is 5.80. The Balaban J connectivity index is 2.04. The van der Waals surface area contributed by atoms with Gasteiger partial charge in [0.15, 0.2) is 10.2 Å². The maximum atomic E-state index is 12.4. The van der Waals surface area contributed by atoms with Crippen molar-refractivity contribution in [3.8, 4) is 0 Å². The van der Waals surface area contributed by atoms with Gasteiger partial charge in [-0.3, -0.25) is 4.40 Å². The van der Waals surface area contributed by atoms with Crippen molar-refractivity contribution in [3.63, 3.8) is 0 Å². The molecule has 0 saturated carbocycles. The molecule has 1 N–H and O–H groups in total. The Hall–Kier alpha value is -0.760. The number of thioether (sulfide) groups is 1. The topological polar surface area (TPSA) is 63.5 Å². The van der Waals surface area contributed by atoms with E-state index in [4.69, 9.17) is 11.6 Å². The summed E-state index contributed by atoms with van der Waals surface area (Å²) in [4.78, 5) is 4.06. The first-order valence-corrected chi connectivity index (χ1v) is 8.82. The molecule has 0 bridgehead atoms. The van der Waals surface area contributed by atoms with Crippen LogP contribution in [0.2, 0.25) is 5.15 Å². The molecule has 19 heavy (non-hydrogen) atoms. The van der Waals surface area contributed by atoms with E-state index in [0.717, 1.165) is 17.9 Å². The first-order chi connectivity index (χ1) is 9.08. The number of aromatic nitrogens is 2. The Labute approximate surface area is 120 Å². The molecule has 2 aromatic heterocycles. The molecule has 2 aromatic rings. The maximum Gasteiger partial charge on any atom is 0.260 e. The Kier molecular flexibility index (Phi) is 3.46. The Morgan fingerprint density at radius 1 is 1.47 bits per heavy atom. The summed E-state index contributed by atoms with van der Waals surface area (Å²) in [6.07, 6.45) is 2.49. The van der Waals surface area contributed by atoms with Crippen LogP contribution in [0.25, 0.3) is 5.65 Å². The highest BCUT2D eigenvalue weighted by Gasteiger charge is 2.28. The second-order valence-electron chi connectivity index (χ2n) is 4.32. The lowest BCUT2D eigenvalue weighted by Crippen LogP contribution is -2.35. The van der Waals surface area contributed by atoms with E-state index < -0.39 is 10.0 Å². The minimum Gasteiger partial charge on any atom is -0.288 e. The van der Waals surface area contributed by atoms with E-state index in [1.807, 2.05) is 0 Å². The van der Waals surface area contributed by atoms with Gasteiger partial charge in [-0.25, -0.2) is 18.1 Å². The molecule has 1 aliphatic rings. The van der Waals surface area contributed by atoms with Crippen LogP contribution in [0, 0.1) is 0 Å². The van der Waals surface area contributed by atoms with E-state index in [9.17, 15) is 8.42 Å². The van der Waals surface area contributed by atoms with Crippen molar-refractivity contribution in [2.24, 2.45) is 0 Å². The molecule has 1 fully saturated rings. The molecule has 3 heterocycles. The van der Waals surface area contributed by atoms with Crippen LogP contribution in [0.1, 0.15) is 6.42 Å². The fraction of sp³-hybridized carbons (Fsp3) is 0.364. The zero-order valence-electron chi connectivity index (χ0n) is 9.91. The van der Waals surface area contributed by atoms with E-state index in [0.29, 0.717) is 5.65 Å². The lowest BCUT2D eigenvalue weighted by molar-refractivity contribution is 0.558. The van der Waals surface area contributed by atoms with Crippen LogP contribution < -0.4 is 4.72 Å². The van der Waals surface area contributed by atoms with Crippen molar-refractivity contribution < 1.29 is 8.42 Å². The molecule has 5 nitrogen and oxygen atoms in total. The number of sulfonamides is 1. The van der Waals surface area contributed by atoms with Gasteiger partial charge in [-0.15, -0.1) is 0 Å². The van der Waals surface area contributed by atoms with Crippen LogP contribution in [-0.2, 0) is 10.0 Å². The molecular formula is C11H12ClN3O2S2. The molecule has 1 aliphatic heterocycles. The van der Waals surface area contributed by atoms with Gasteiger partial charge in [-0.05, 0) is 24.3 Å². The van der Waals surface area contributed by atoms with Crippen molar-refractivity contribution in [2.75, 3.05) is 11.5 Å². The fourth-order valence-corrected chi connectivity index (χ4v) is 5.26. The third-order valence-electron chi connectivity index (χ3n) is 2.95. The van der Waals surface area contributed by atoms with E-state index in [1.165, 1.54) is 4.40 Å². The average molecular weight is 318 g/mol. The molecule has 0 amide bonds. The third-order valence-corrected chi connectivity index (χ3v) is 6.03. The van der Waals surface area contributed by atoms with E-state index in [-0.39, 0.29) is 16.2 Å². The predicted octanol–water partition coefficient (Wildman–Crippen LogP) is 1.77. The maximum absolute atomic E-state index is 12.4. The monoisotopic (exact) mass is 317 g/mol. The SMILES string of the molecule is O=S(=O)(NC1CCSC1)c1c(Cl)nc2ccccn12. The molecule has 3 rings (SSSR count). The highest BCUT2D eigenvalue weighted by Crippen LogP contribution is 2.24. The number of nitrogens with one attached hydrogen (secondary N) is 1. The number of rotatable bonds is 3. The smallest absolute Gasteiger partial charge is 0.260 e. The Morgan fingerprint density at radius 2 is 2.32 bits per heavy atom. The van der Waals surface area contributed by atoms with Gasteiger partial charge in [0, 0.05) is 18.0 Å². The van der Waals surface area contributed by atoms with Gasteiger partial charge in [-0.2, -0.15) is 11.8 Å². The molecule has 0 spiro atoms. The van der Waals surface area contributed by atoms with Gasteiger partial charge in [0.1, 0.15) is 5.65 Å². The number of fused-ring (bicyclic) bond motifs is 1. The molecule has 8 heteroatoms. The normalized spacial score (nSPS) is 20.2. The van der Waals surface area contributed by atoms with Crippen molar-refractivity contribution in [1.82, 2.24) is 14.1 Å². The minimum atomic E-state index is -3.65. The second kappa shape index (κ2) is 4.97. The summed E-state index contributed by atoms with van der Waals surface area (Å²) < 4.78 is 29.0. The van der Waals surface area contributed by atoms with Gasteiger partial charge in [0.2, 0.25) is 0 Å². The number of pyridine rings is 1. The van der Waals surface area contributed by atoms with Gasteiger partial charge in [-0.1, -0.05) is 17.7 Å². The predicted molar refractivity (Wildman–Crippen MR) is 76.3 cm³/mol. The number of hydrogen-bond donors (Lipinski definition) is 1. The van der Waals surface area contributed by atoms with Crippen molar-refractivity contribution in [2.45, 2.75) is 17.5 Å². The first kappa shape index (κ1) is 13.2. The summed E-state index contributed by atoms with van der Waals surface area (Å²) in [5, 5.41) is 0.0195. The summed E-state index contributed by atoms with van der Waals surface area (Å²) in [5.74, 6) is 1.78. The van der Waals surface area contributed by atoms with E-state index >= 15 is 0 Å². The highest BCUT2D eigenvalue weighted by atomic mass is 35.5. The number of hydrogen-bond acceptors (Lipinski definition) is 4. The summed E-state index contributed by atoms with van der Waals surface area (Å²) in [6.45, 7) is 0. The summed E-state index contributed by atoms with van der Waals surface area (Å²) in [7, 11) is -3.65. The largest absolute Gasteiger partial charge is 0.288 e. The van der Waals surface area contributed by atoms with E-state index in [1.54, 1.807) is 36.2 Å². The van der Waals surface area contributed by atoms with Gasteiger partial charge in [0.25, 0.3) is 10.0 Å². The van der Waals surface area contributed by atoms with Crippen molar-refractivity contribution in [1.29, 1.82) is 0 Å². The van der Waals surface area contributed by atoms with Gasteiger partial charge >= 0.3 is 0 Å². The summed E-state index contributed by atoms with van der Waals surface area (Å²) in [6, 6.07) is 5.22. The van der Waals surface area contributed by atoms with Crippen LogP contribution >= 0.6 is 23.4 Å². The standard InChI is InChI=1S/C11H12ClN3O2S2/c12-10-11(15-5-2-1-3-9(15)13-10)19(16,17)14-8-4-6-18-7-8/h1-3,5,8,14H,4,6-7H2. The lowest BCUT2D eigenvalue weighted by Gasteiger charge is -2.11. The average Bonchev–Trinajstić information content (AvgIpc) is 2.94. The fourth-order valence-electron chi connectivity index (χ4n) is 2.09. The summed E-state index contributed by atoms with van der Waals surface area (Å²) in [5.41, 5.74) is 0.522. The van der Waals surface area contributed by atoms with Crippen molar-refractivity contribution in [3.05, 3.63) is 29.5 Å². The molecule has 1 saturated heterocycles. The van der Waals surface area contributed by atoms with Crippen LogP contribution in [0.5, 0.6) is 0 Å². The number of nitrogens with zero attached hydrogens (tertiary/aromatic N) is 2. The molecule has 0 aliphatic carbocycles. The van der Waals surface area contributed by atoms with Crippen LogP contribution in [-0.4, -0.2) is 35.4 Å². The van der Waals surface area contributed by atoms with E-state index in [2.05, 4.69) is 9.71 Å². The molecule has 1 atom stereocenters. The molecule has 1 unspecified atom stereocenters. The quantitative estimate of drug-likeness (QED) is 0.937. The minimum absolute atomic E-state index is 0.00403. The number of imidazole rings is 1.